The second-order valence-electron chi connectivity index (χ2n) is 12.6. The molecule has 0 fully saturated rings. The van der Waals surface area contributed by atoms with E-state index in [-0.39, 0.29) is 29.1 Å². The molecule has 8 nitrogen and oxygen atoms in total. The number of aryl methyl sites for hydroxylation is 1. The molecule has 0 bridgehead atoms. The molecule has 0 saturated carbocycles. The van der Waals surface area contributed by atoms with Gasteiger partial charge in [-0.3, -0.25) is 14.7 Å². The molecule has 0 atom stereocenters. The van der Waals surface area contributed by atoms with Gasteiger partial charge >= 0.3 is 6.03 Å². The number of nitrogens with zero attached hydrogens (tertiary/aromatic N) is 3. The third kappa shape index (κ3) is 8.37. The van der Waals surface area contributed by atoms with Gasteiger partial charge in [0.1, 0.15) is 17.1 Å². The minimum atomic E-state index is -0.364. The number of ether oxygens (including phenoxy) is 1. The number of hydrogen-bond acceptors (Lipinski definition) is 5. The number of hydrogen-bond donors (Lipinski definition) is 2. The molecule has 0 unspecified atom stereocenters. The van der Waals surface area contributed by atoms with Crippen LogP contribution in [0.25, 0.3) is 22.2 Å². The molecule has 3 aromatic heterocycles. The number of aromatic nitrogens is 3. The molecule has 0 aliphatic heterocycles. The smallest absolute Gasteiger partial charge is 0.326 e. The fourth-order valence-corrected chi connectivity index (χ4v) is 5.79. The van der Waals surface area contributed by atoms with Gasteiger partial charge in [-0.05, 0) is 114 Å². The fraction of sp³-hybridized carbons (Fsp3) is 0.300. The van der Waals surface area contributed by atoms with Gasteiger partial charge in [0.05, 0.1) is 6.61 Å². The van der Waals surface area contributed by atoms with Gasteiger partial charge in [-0.15, -0.1) is 6.58 Å². The van der Waals surface area contributed by atoms with E-state index in [1.807, 2.05) is 54.7 Å². The molecule has 48 heavy (non-hydrogen) atoms. The Morgan fingerprint density at radius 1 is 0.917 bits per heavy atom. The molecule has 8 heteroatoms. The second kappa shape index (κ2) is 16.0. The van der Waals surface area contributed by atoms with E-state index in [0.717, 1.165) is 57.6 Å². The van der Waals surface area contributed by atoms with Crippen molar-refractivity contribution in [3.05, 3.63) is 125 Å². The van der Waals surface area contributed by atoms with Crippen molar-refractivity contribution >= 4 is 28.4 Å². The molecule has 2 aromatic carbocycles. The largest absolute Gasteiger partial charge is 0.494 e. The maximum absolute atomic E-state index is 14.2. The Balaban J connectivity index is 1.43. The number of benzene rings is 2. The summed E-state index contributed by atoms with van der Waals surface area (Å²) in [6, 6.07) is 23.5. The van der Waals surface area contributed by atoms with Crippen LogP contribution in [0.1, 0.15) is 75.6 Å². The number of aromatic amines is 1. The SMILES string of the molecule is C=CCCCN(C(=O)Nc1c(C(C)C)cc(-c2cccc(OCCCc3ccccn3)c2)cc1C(C)C)c1cc2cccnc2[nH]c1=O. The Kier molecular flexibility index (Phi) is 11.4. The highest BCUT2D eigenvalue weighted by molar-refractivity contribution is 6.03. The summed E-state index contributed by atoms with van der Waals surface area (Å²) < 4.78 is 6.14. The molecule has 248 valence electrons. The van der Waals surface area contributed by atoms with Crippen molar-refractivity contribution in [3.8, 4) is 16.9 Å². The van der Waals surface area contributed by atoms with Gasteiger partial charge in [-0.1, -0.05) is 52.0 Å². The Morgan fingerprint density at radius 2 is 1.69 bits per heavy atom. The average Bonchev–Trinajstić information content (AvgIpc) is 3.09. The number of fused-ring (bicyclic) bond motifs is 1. The van der Waals surface area contributed by atoms with E-state index < -0.39 is 0 Å². The number of rotatable bonds is 14. The average molecular weight is 644 g/mol. The second-order valence-corrected chi connectivity index (χ2v) is 12.6. The van der Waals surface area contributed by atoms with Gasteiger partial charge in [0, 0.05) is 35.7 Å². The van der Waals surface area contributed by atoms with Crippen LogP contribution in [0, 0.1) is 0 Å². The van der Waals surface area contributed by atoms with Crippen molar-refractivity contribution in [1.29, 1.82) is 0 Å². The monoisotopic (exact) mass is 643 g/mol. The molecule has 0 spiro atoms. The number of H-pyrrole nitrogens is 1. The first-order valence-corrected chi connectivity index (χ1v) is 16.7. The molecule has 0 radical (unpaired) electrons. The van der Waals surface area contributed by atoms with Crippen molar-refractivity contribution < 1.29 is 9.53 Å². The predicted molar refractivity (Wildman–Crippen MR) is 196 cm³/mol. The molecule has 5 rings (SSSR count). The molecule has 2 N–H and O–H groups in total. The summed E-state index contributed by atoms with van der Waals surface area (Å²) >= 11 is 0. The first kappa shape index (κ1) is 34.1. The van der Waals surface area contributed by atoms with Gasteiger partial charge in [-0.2, -0.15) is 0 Å². The van der Waals surface area contributed by atoms with E-state index in [9.17, 15) is 9.59 Å². The van der Waals surface area contributed by atoms with Crippen LogP contribution < -0.4 is 20.5 Å². The van der Waals surface area contributed by atoms with Crippen LogP contribution in [0.5, 0.6) is 5.75 Å². The van der Waals surface area contributed by atoms with Crippen LogP contribution in [0.2, 0.25) is 0 Å². The zero-order chi connectivity index (χ0) is 34.0. The molecule has 5 aromatic rings. The van der Waals surface area contributed by atoms with E-state index in [4.69, 9.17) is 4.74 Å². The van der Waals surface area contributed by atoms with Crippen molar-refractivity contribution in [2.45, 2.75) is 65.2 Å². The Morgan fingerprint density at radius 3 is 2.40 bits per heavy atom. The molecule has 0 aliphatic carbocycles. The number of carbonyl (C=O) groups excluding carboxylic acids is 1. The normalized spacial score (nSPS) is 11.2. The fourth-order valence-electron chi connectivity index (χ4n) is 5.79. The lowest BCUT2D eigenvalue weighted by Gasteiger charge is -2.27. The number of nitrogens with one attached hydrogen (secondary N) is 2. The highest BCUT2D eigenvalue weighted by atomic mass is 16.5. The minimum absolute atomic E-state index is 0.119. The van der Waals surface area contributed by atoms with Crippen LogP contribution in [0.15, 0.2) is 103 Å². The highest BCUT2D eigenvalue weighted by Gasteiger charge is 2.24. The molecule has 0 saturated heterocycles. The number of carbonyl (C=O) groups is 1. The molecular weight excluding hydrogens is 598 g/mol. The summed E-state index contributed by atoms with van der Waals surface area (Å²) in [5.74, 6) is 1.05. The lowest BCUT2D eigenvalue weighted by Crippen LogP contribution is -2.39. The number of allylic oxidation sites excluding steroid dienone is 1. The van der Waals surface area contributed by atoms with Crippen LogP contribution >= 0.6 is 0 Å². The summed E-state index contributed by atoms with van der Waals surface area (Å²) in [6.07, 6.45) is 8.38. The summed E-state index contributed by atoms with van der Waals surface area (Å²) in [5.41, 5.74) is 6.38. The molecular formula is C40H45N5O3. The quantitative estimate of drug-likeness (QED) is 0.0928. The molecule has 0 aliphatic rings. The third-order valence-corrected chi connectivity index (χ3v) is 8.34. The predicted octanol–water partition coefficient (Wildman–Crippen LogP) is 9.25. The van der Waals surface area contributed by atoms with Crippen LogP contribution in [-0.2, 0) is 6.42 Å². The molecule has 3 heterocycles. The summed E-state index contributed by atoms with van der Waals surface area (Å²) in [4.78, 5) is 40.4. The van der Waals surface area contributed by atoms with Crippen LogP contribution in [0.3, 0.4) is 0 Å². The topological polar surface area (TPSA) is 100 Å². The lowest BCUT2D eigenvalue weighted by atomic mass is 9.88. The summed E-state index contributed by atoms with van der Waals surface area (Å²) in [6.45, 7) is 13.3. The van der Waals surface area contributed by atoms with Crippen molar-refractivity contribution in [2.24, 2.45) is 0 Å². The van der Waals surface area contributed by atoms with Crippen LogP contribution in [-0.4, -0.2) is 34.1 Å². The van der Waals surface area contributed by atoms with Gasteiger partial charge in [0.25, 0.3) is 5.56 Å². The standard InChI is InChI=1S/C40H45N5O3/c1-6-7-10-21-45(36-26-30-15-12-20-42-38(30)44-39(36)46)40(47)43-37-34(27(2)3)24-31(25-35(37)28(4)5)29-14-11-18-33(23-29)48-22-13-17-32-16-8-9-19-41-32/h6,8-9,11-12,14-16,18-20,23-28H,1,7,10,13,17,21-22H2,2-5H3,(H,43,47)(H,42,44,46). The van der Waals surface area contributed by atoms with E-state index in [2.05, 4.69) is 78.8 Å². The van der Waals surface area contributed by atoms with Crippen molar-refractivity contribution in [3.63, 3.8) is 0 Å². The van der Waals surface area contributed by atoms with Gasteiger partial charge in [-0.25, -0.2) is 9.78 Å². The molecule has 2 amide bonds. The van der Waals surface area contributed by atoms with Crippen molar-refractivity contribution in [2.75, 3.05) is 23.4 Å². The number of pyridine rings is 3. The van der Waals surface area contributed by atoms with Gasteiger partial charge < -0.3 is 15.0 Å². The zero-order valence-corrected chi connectivity index (χ0v) is 28.3. The van der Waals surface area contributed by atoms with Gasteiger partial charge in [0.15, 0.2) is 0 Å². The number of urea groups is 1. The van der Waals surface area contributed by atoms with Crippen molar-refractivity contribution in [1.82, 2.24) is 15.0 Å². The first-order chi connectivity index (χ1) is 23.2. The summed E-state index contributed by atoms with van der Waals surface area (Å²) in [7, 11) is 0. The van der Waals surface area contributed by atoms with E-state index in [0.29, 0.717) is 31.6 Å². The minimum Gasteiger partial charge on any atom is -0.494 e. The Bertz CT molecular complexity index is 1890. The van der Waals surface area contributed by atoms with Gasteiger partial charge in [0.2, 0.25) is 0 Å². The van der Waals surface area contributed by atoms with E-state index in [1.54, 1.807) is 12.3 Å². The van der Waals surface area contributed by atoms with E-state index >= 15 is 0 Å². The highest BCUT2D eigenvalue weighted by Crippen LogP contribution is 2.38. The first-order valence-electron chi connectivity index (χ1n) is 16.7. The maximum Gasteiger partial charge on any atom is 0.326 e. The number of anilines is 2. The lowest BCUT2D eigenvalue weighted by molar-refractivity contribution is 0.256. The zero-order valence-electron chi connectivity index (χ0n) is 28.3. The maximum atomic E-state index is 14.2. The third-order valence-electron chi connectivity index (χ3n) is 8.34. The number of unbranched alkanes of at least 4 members (excludes halogenated alkanes) is 1. The Labute approximate surface area is 282 Å². The number of amides is 2. The Hall–Kier alpha value is -5.24. The van der Waals surface area contributed by atoms with Crippen LogP contribution in [0.4, 0.5) is 16.2 Å². The summed E-state index contributed by atoms with van der Waals surface area (Å²) in [5, 5.41) is 4.00. The van der Waals surface area contributed by atoms with E-state index in [1.165, 1.54) is 4.90 Å².